The molecule has 1 unspecified atom stereocenters. The number of hydrogen-bond donors (Lipinski definition) is 0. The Hall–Kier alpha value is -1.34. The Kier molecular flexibility index (Phi) is 10.1. The molecule has 2 aromatic rings. The molecule has 0 spiro atoms. The average Bonchev–Trinajstić information content (AvgIpc) is 2.64. The van der Waals surface area contributed by atoms with Crippen molar-refractivity contribution in [2.45, 2.75) is 13.8 Å². The molecule has 27 heavy (non-hydrogen) atoms. The van der Waals surface area contributed by atoms with E-state index >= 15 is 0 Å². The van der Waals surface area contributed by atoms with Gasteiger partial charge in [-0.1, -0.05) is 18.2 Å². The number of carbonyl (C=O) groups is 1. The van der Waals surface area contributed by atoms with Crippen LogP contribution in [0.5, 0.6) is 11.5 Å². The van der Waals surface area contributed by atoms with Gasteiger partial charge in [0.15, 0.2) is 0 Å². The quantitative estimate of drug-likeness (QED) is 0.377. The molecular weight excluding hydrogens is 358 g/mol. The fourth-order valence-corrected chi connectivity index (χ4v) is 4.51. The number of benzene rings is 2. The molecule has 0 aliphatic carbocycles. The van der Waals surface area contributed by atoms with Gasteiger partial charge in [-0.15, -0.1) is 0 Å². The van der Waals surface area contributed by atoms with Crippen molar-refractivity contribution in [3.8, 4) is 11.5 Å². The zero-order valence-electron chi connectivity index (χ0n) is 16.9. The smallest absolute Gasteiger partial charge is 0.216 e. The number of aryl methyl sites for hydroxylation is 2. The number of ether oxygens (including phenoxy) is 3. The van der Waals surface area contributed by atoms with E-state index in [1.807, 2.05) is 44.2 Å². The maximum atomic E-state index is 13.4. The van der Waals surface area contributed by atoms with E-state index in [-0.39, 0.29) is 24.4 Å². The van der Waals surface area contributed by atoms with Crippen molar-refractivity contribution in [2.24, 2.45) is 0 Å². The van der Waals surface area contributed by atoms with Crippen LogP contribution in [0, 0.1) is 13.8 Å². The van der Waals surface area contributed by atoms with Gasteiger partial charge in [0.05, 0.1) is 32.7 Å². The molecule has 1 radical (unpaired) electrons. The standard InChI is InChI=1S/C20H25O5P.Li/c1-14-7-6-8-15(2)19(14)20(21)26(25-12-11-22-3)18-10-9-16(23-4)13-17(18)24-5;/h6-10,13H,11-12H2,1-5H3;. The normalized spacial score (nSPS) is 11.4. The van der Waals surface area contributed by atoms with E-state index in [2.05, 4.69) is 0 Å². The Labute approximate surface area is 174 Å². The summed E-state index contributed by atoms with van der Waals surface area (Å²) in [7, 11) is 3.19. The van der Waals surface area contributed by atoms with Crippen molar-refractivity contribution < 1.29 is 23.5 Å². The second-order valence-electron chi connectivity index (χ2n) is 5.73. The summed E-state index contributed by atoms with van der Waals surface area (Å²) in [6.07, 6.45) is 0. The molecule has 0 N–H and O–H groups in total. The first-order valence-electron chi connectivity index (χ1n) is 8.28. The molecule has 7 heteroatoms. The van der Waals surface area contributed by atoms with Crippen molar-refractivity contribution in [1.82, 2.24) is 0 Å². The molecule has 0 aliphatic heterocycles. The largest absolute Gasteiger partial charge is 0.497 e. The van der Waals surface area contributed by atoms with E-state index in [0.29, 0.717) is 30.3 Å². The van der Waals surface area contributed by atoms with Gasteiger partial charge in [-0.05, 0) is 37.1 Å². The minimum atomic E-state index is -1.58. The summed E-state index contributed by atoms with van der Waals surface area (Å²) in [6, 6.07) is 11.2. The van der Waals surface area contributed by atoms with Crippen LogP contribution < -0.4 is 14.8 Å². The summed E-state index contributed by atoms with van der Waals surface area (Å²) in [4.78, 5) is 13.4. The van der Waals surface area contributed by atoms with E-state index in [1.54, 1.807) is 27.4 Å². The maximum Gasteiger partial charge on any atom is 0.216 e. The molecule has 2 aromatic carbocycles. The summed E-state index contributed by atoms with van der Waals surface area (Å²) in [5.41, 5.74) is 2.54. The van der Waals surface area contributed by atoms with Gasteiger partial charge in [0.2, 0.25) is 5.52 Å². The zero-order valence-corrected chi connectivity index (χ0v) is 17.8. The zero-order chi connectivity index (χ0) is 19.1. The SMILES string of the molecule is COCCOP(C(=O)c1c(C)cccc1C)c1ccc(OC)cc1OC.[Li]. The predicted octanol–water partition coefficient (Wildman–Crippen LogP) is 3.47. The molecule has 2 rings (SSSR count). The number of methoxy groups -OCH3 is 3. The Morgan fingerprint density at radius 3 is 2.19 bits per heavy atom. The fourth-order valence-electron chi connectivity index (χ4n) is 2.66. The van der Waals surface area contributed by atoms with Crippen molar-refractivity contribution in [3.05, 3.63) is 53.1 Å². The van der Waals surface area contributed by atoms with Crippen molar-refractivity contribution in [2.75, 3.05) is 34.5 Å². The maximum absolute atomic E-state index is 13.4. The van der Waals surface area contributed by atoms with Gasteiger partial charge in [0, 0.05) is 37.6 Å². The summed E-state index contributed by atoms with van der Waals surface area (Å²) < 4.78 is 21.8. The van der Waals surface area contributed by atoms with E-state index in [9.17, 15) is 4.79 Å². The number of hydrogen-bond acceptors (Lipinski definition) is 5. The van der Waals surface area contributed by atoms with Crippen molar-refractivity contribution in [1.29, 1.82) is 0 Å². The minimum Gasteiger partial charge on any atom is -0.497 e. The second kappa shape index (κ2) is 11.5. The second-order valence-corrected chi connectivity index (χ2v) is 7.47. The Balaban J connectivity index is 0.00000364. The van der Waals surface area contributed by atoms with Gasteiger partial charge in [0.1, 0.15) is 19.6 Å². The molecule has 0 saturated carbocycles. The first-order chi connectivity index (χ1) is 12.5. The molecule has 0 fully saturated rings. The molecule has 0 saturated heterocycles. The first-order valence-corrected chi connectivity index (χ1v) is 9.54. The monoisotopic (exact) mass is 383 g/mol. The molecule has 0 heterocycles. The van der Waals surface area contributed by atoms with Crippen LogP contribution in [0.15, 0.2) is 36.4 Å². The van der Waals surface area contributed by atoms with Gasteiger partial charge in [-0.25, -0.2) is 0 Å². The molecule has 5 nitrogen and oxygen atoms in total. The Bertz CT molecular complexity index is 746. The topological polar surface area (TPSA) is 54.0 Å². The molecule has 0 aliphatic rings. The average molecular weight is 383 g/mol. The molecular formula is C20H25LiO5P. The van der Waals surface area contributed by atoms with Gasteiger partial charge in [-0.2, -0.15) is 0 Å². The third kappa shape index (κ3) is 5.81. The molecule has 141 valence electrons. The molecule has 0 amide bonds. The van der Waals surface area contributed by atoms with Crippen LogP contribution in [-0.2, 0) is 9.26 Å². The van der Waals surface area contributed by atoms with Crippen LogP contribution in [0.2, 0.25) is 0 Å². The van der Waals surface area contributed by atoms with Crippen molar-refractivity contribution >= 4 is 37.8 Å². The van der Waals surface area contributed by atoms with E-state index in [4.69, 9.17) is 18.7 Å². The Morgan fingerprint density at radius 1 is 0.963 bits per heavy atom. The van der Waals surface area contributed by atoms with Crippen LogP contribution in [0.25, 0.3) is 0 Å². The van der Waals surface area contributed by atoms with E-state index < -0.39 is 8.15 Å². The van der Waals surface area contributed by atoms with Crippen LogP contribution in [0.3, 0.4) is 0 Å². The fraction of sp³-hybridized carbons (Fsp3) is 0.350. The molecule has 0 aromatic heterocycles. The third-order valence-electron chi connectivity index (χ3n) is 3.99. The molecule has 0 bridgehead atoms. The summed E-state index contributed by atoms with van der Waals surface area (Å²) in [6.45, 7) is 4.62. The van der Waals surface area contributed by atoms with Gasteiger partial charge >= 0.3 is 0 Å². The summed E-state index contributed by atoms with van der Waals surface area (Å²) >= 11 is 0. The first kappa shape index (κ1) is 23.7. The summed E-state index contributed by atoms with van der Waals surface area (Å²) in [5.74, 6) is 1.24. The van der Waals surface area contributed by atoms with Gasteiger partial charge < -0.3 is 18.7 Å². The summed E-state index contributed by atoms with van der Waals surface area (Å²) in [5, 5.41) is 0.729. The minimum absolute atomic E-state index is 0. The van der Waals surface area contributed by atoms with Gasteiger partial charge in [0.25, 0.3) is 0 Å². The predicted molar refractivity (Wildman–Crippen MR) is 110 cm³/mol. The third-order valence-corrected chi connectivity index (χ3v) is 5.83. The van der Waals surface area contributed by atoms with Crippen molar-refractivity contribution in [3.63, 3.8) is 0 Å². The Morgan fingerprint density at radius 2 is 1.63 bits per heavy atom. The van der Waals surface area contributed by atoms with Crippen LogP contribution in [0.4, 0.5) is 0 Å². The molecule has 1 atom stereocenters. The number of carbonyl (C=O) groups excluding carboxylic acids is 1. The van der Waals surface area contributed by atoms with Crippen LogP contribution in [-0.4, -0.2) is 58.9 Å². The van der Waals surface area contributed by atoms with Crippen LogP contribution in [0.1, 0.15) is 21.5 Å². The van der Waals surface area contributed by atoms with Crippen LogP contribution >= 0.6 is 8.15 Å². The number of rotatable bonds is 9. The van der Waals surface area contributed by atoms with Gasteiger partial charge in [-0.3, -0.25) is 4.79 Å². The van der Waals surface area contributed by atoms with E-state index in [0.717, 1.165) is 16.4 Å². The van der Waals surface area contributed by atoms with E-state index in [1.165, 1.54) is 0 Å².